The Labute approximate surface area is 202 Å². The van der Waals surface area contributed by atoms with E-state index >= 15 is 0 Å². The highest BCUT2D eigenvalue weighted by Crippen LogP contribution is 2.34. The van der Waals surface area contributed by atoms with E-state index in [-0.39, 0.29) is 41.9 Å². The third-order valence-electron chi connectivity index (χ3n) is 6.03. The molecule has 0 bridgehead atoms. The molecule has 1 atom stereocenters. The van der Waals surface area contributed by atoms with Crippen molar-refractivity contribution in [3.63, 3.8) is 0 Å². The molecule has 1 N–H and O–H groups in total. The molecule has 0 aliphatic carbocycles. The van der Waals surface area contributed by atoms with Crippen LogP contribution in [0.25, 0.3) is 11.2 Å². The average Bonchev–Trinajstić information content (AvgIpc) is 3.59. The van der Waals surface area contributed by atoms with E-state index in [0.717, 1.165) is 10.3 Å². The quantitative estimate of drug-likeness (QED) is 0.419. The molecule has 4 heterocycles. The number of aryl methyl sites for hydroxylation is 2. The Morgan fingerprint density at radius 2 is 1.89 bits per heavy atom. The van der Waals surface area contributed by atoms with E-state index < -0.39 is 11.2 Å². The number of carbonyl (C=O) groups excluding carboxylic acids is 2. The van der Waals surface area contributed by atoms with Crippen LogP contribution in [0.4, 0.5) is 10.8 Å². The molecule has 0 spiro atoms. The maximum absolute atomic E-state index is 12.5. The minimum absolute atomic E-state index is 0.0261. The predicted molar refractivity (Wildman–Crippen MR) is 130 cm³/mol. The highest BCUT2D eigenvalue weighted by molar-refractivity contribution is 7.15. The highest BCUT2D eigenvalue weighted by Gasteiger charge is 2.33. The Bertz CT molecular complexity index is 1550. The number of hydrogen-bond donors (Lipinski definition) is 1. The van der Waals surface area contributed by atoms with Crippen molar-refractivity contribution in [2.24, 2.45) is 14.1 Å². The lowest BCUT2D eigenvalue weighted by Gasteiger charge is -2.15. The first-order valence-corrected chi connectivity index (χ1v) is 11.7. The number of benzene rings is 1. The SMILES string of the molecule is Cn1c(=O)c2c(ncn2CCC(=O)Nc2nnc(C3CC(=O)N(c4ccccc4)C3)s2)n(C)c1=O. The zero-order valence-electron chi connectivity index (χ0n) is 19.0. The number of nitrogens with one attached hydrogen (secondary N) is 1. The van der Waals surface area contributed by atoms with Gasteiger partial charge in [-0.1, -0.05) is 29.5 Å². The number of fused-ring (bicyclic) bond motifs is 1. The number of anilines is 2. The van der Waals surface area contributed by atoms with Gasteiger partial charge in [0, 0.05) is 51.6 Å². The molecule has 5 rings (SSSR count). The highest BCUT2D eigenvalue weighted by atomic mass is 32.1. The summed E-state index contributed by atoms with van der Waals surface area (Å²) in [7, 11) is 2.94. The third kappa shape index (κ3) is 4.14. The monoisotopic (exact) mass is 494 g/mol. The van der Waals surface area contributed by atoms with Gasteiger partial charge in [-0.05, 0) is 12.1 Å². The van der Waals surface area contributed by atoms with Crippen LogP contribution < -0.4 is 21.5 Å². The van der Waals surface area contributed by atoms with Crippen molar-refractivity contribution >= 4 is 45.1 Å². The van der Waals surface area contributed by atoms with Crippen LogP contribution in [0.5, 0.6) is 0 Å². The van der Waals surface area contributed by atoms with Crippen LogP contribution in [0.1, 0.15) is 23.8 Å². The summed E-state index contributed by atoms with van der Waals surface area (Å²) < 4.78 is 3.86. The number of nitrogens with zero attached hydrogens (tertiary/aromatic N) is 7. The molecular formula is C22H22N8O4S. The second-order valence-corrected chi connectivity index (χ2v) is 9.31. The lowest BCUT2D eigenvalue weighted by Crippen LogP contribution is -2.37. The molecule has 1 unspecified atom stereocenters. The van der Waals surface area contributed by atoms with Gasteiger partial charge in [-0.25, -0.2) is 9.78 Å². The van der Waals surface area contributed by atoms with Gasteiger partial charge in [0.15, 0.2) is 11.2 Å². The Balaban J connectivity index is 1.23. The van der Waals surface area contributed by atoms with Crippen molar-refractivity contribution in [3.05, 3.63) is 62.5 Å². The van der Waals surface area contributed by atoms with Gasteiger partial charge in [0.25, 0.3) is 5.56 Å². The molecule has 35 heavy (non-hydrogen) atoms. The van der Waals surface area contributed by atoms with Crippen LogP contribution >= 0.6 is 11.3 Å². The first-order chi connectivity index (χ1) is 16.8. The molecule has 1 aromatic carbocycles. The summed E-state index contributed by atoms with van der Waals surface area (Å²) in [5.74, 6) is -0.367. The van der Waals surface area contributed by atoms with Gasteiger partial charge >= 0.3 is 5.69 Å². The molecule has 13 heteroatoms. The lowest BCUT2D eigenvalue weighted by atomic mass is 10.1. The maximum atomic E-state index is 12.5. The van der Waals surface area contributed by atoms with Gasteiger partial charge in [-0.2, -0.15) is 0 Å². The third-order valence-corrected chi connectivity index (χ3v) is 7.03. The van der Waals surface area contributed by atoms with Crippen molar-refractivity contribution in [3.8, 4) is 0 Å². The van der Waals surface area contributed by atoms with E-state index in [4.69, 9.17) is 0 Å². The number of hydrogen-bond acceptors (Lipinski definition) is 8. The van der Waals surface area contributed by atoms with Crippen molar-refractivity contribution < 1.29 is 9.59 Å². The maximum Gasteiger partial charge on any atom is 0.332 e. The Morgan fingerprint density at radius 3 is 2.66 bits per heavy atom. The number of aromatic nitrogens is 6. The molecular weight excluding hydrogens is 472 g/mol. The van der Waals surface area contributed by atoms with Gasteiger partial charge in [0.05, 0.1) is 6.33 Å². The first-order valence-electron chi connectivity index (χ1n) is 10.9. The van der Waals surface area contributed by atoms with Crippen molar-refractivity contribution in [1.29, 1.82) is 0 Å². The molecule has 1 saturated heterocycles. The fourth-order valence-electron chi connectivity index (χ4n) is 4.15. The zero-order chi connectivity index (χ0) is 24.7. The van der Waals surface area contributed by atoms with Crippen LogP contribution in [-0.2, 0) is 30.2 Å². The van der Waals surface area contributed by atoms with E-state index in [1.54, 1.807) is 9.47 Å². The van der Waals surface area contributed by atoms with E-state index in [9.17, 15) is 19.2 Å². The number of rotatable bonds is 6. The van der Waals surface area contributed by atoms with Gasteiger partial charge in [0.2, 0.25) is 16.9 Å². The fraction of sp³-hybridized carbons (Fsp3) is 0.318. The molecule has 3 aromatic heterocycles. The molecule has 0 saturated carbocycles. The van der Waals surface area contributed by atoms with Crippen LogP contribution in [0, 0.1) is 0 Å². The van der Waals surface area contributed by atoms with Gasteiger partial charge in [0.1, 0.15) is 5.01 Å². The summed E-state index contributed by atoms with van der Waals surface area (Å²) in [4.78, 5) is 55.5. The van der Waals surface area contributed by atoms with E-state index in [1.165, 1.54) is 36.3 Å². The van der Waals surface area contributed by atoms with E-state index in [1.807, 2.05) is 30.3 Å². The summed E-state index contributed by atoms with van der Waals surface area (Å²) in [6, 6.07) is 9.47. The second kappa shape index (κ2) is 8.91. The van der Waals surface area contributed by atoms with Gasteiger partial charge < -0.3 is 14.8 Å². The largest absolute Gasteiger partial charge is 0.332 e. The topological polar surface area (TPSA) is 137 Å². The molecule has 1 fully saturated rings. The molecule has 2 amide bonds. The fourth-order valence-corrected chi connectivity index (χ4v) is 5.00. The van der Waals surface area contributed by atoms with Crippen molar-refractivity contribution in [2.75, 3.05) is 16.8 Å². The summed E-state index contributed by atoms with van der Waals surface area (Å²) in [6.45, 7) is 0.710. The van der Waals surface area contributed by atoms with Crippen LogP contribution in [0.2, 0.25) is 0 Å². The Hall–Kier alpha value is -4.13. The molecule has 1 aliphatic rings. The average molecular weight is 495 g/mol. The number of para-hydroxylation sites is 1. The van der Waals surface area contributed by atoms with Gasteiger partial charge in [-0.15, -0.1) is 10.2 Å². The van der Waals surface area contributed by atoms with Crippen LogP contribution in [0.15, 0.2) is 46.2 Å². The van der Waals surface area contributed by atoms with Gasteiger partial charge in [-0.3, -0.25) is 23.5 Å². The lowest BCUT2D eigenvalue weighted by molar-refractivity contribution is -0.117. The summed E-state index contributed by atoms with van der Waals surface area (Å²) >= 11 is 1.25. The predicted octanol–water partition coefficient (Wildman–Crippen LogP) is 0.834. The normalized spacial score (nSPS) is 15.8. The summed E-state index contributed by atoms with van der Waals surface area (Å²) in [5, 5.41) is 12.0. The van der Waals surface area contributed by atoms with Crippen molar-refractivity contribution in [2.45, 2.75) is 25.3 Å². The number of imidazole rings is 1. The molecule has 1 aliphatic heterocycles. The second-order valence-electron chi connectivity index (χ2n) is 8.30. The van der Waals surface area contributed by atoms with E-state index in [0.29, 0.717) is 23.1 Å². The molecule has 12 nitrogen and oxygen atoms in total. The standard InChI is InChI=1S/C22H22N8O4S/c1-27-18-17(20(33)28(2)22(27)34)29(12-23-18)9-8-15(31)24-21-26-25-19(35-21)13-10-16(32)30(11-13)14-6-4-3-5-7-14/h3-7,12-13H,8-11H2,1-2H3,(H,24,26,31). The zero-order valence-corrected chi connectivity index (χ0v) is 19.9. The summed E-state index contributed by atoms with van der Waals surface area (Å²) in [6.07, 6.45) is 1.84. The van der Waals surface area contributed by atoms with E-state index in [2.05, 4.69) is 20.5 Å². The number of amides is 2. The molecule has 4 aromatic rings. The minimum Gasteiger partial charge on any atom is -0.324 e. The molecule has 180 valence electrons. The van der Waals surface area contributed by atoms with Crippen LogP contribution in [-0.4, -0.2) is 47.2 Å². The first kappa shape index (κ1) is 22.7. The van der Waals surface area contributed by atoms with Crippen LogP contribution in [0.3, 0.4) is 0 Å². The Morgan fingerprint density at radius 1 is 1.11 bits per heavy atom. The minimum atomic E-state index is -0.467. The number of carbonyl (C=O) groups is 2. The molecule has 0 radical (unpaired) electrons. The summed E-state index contributed by atoms with van der Waals surface area (Å²) in [5.41, 5.74) is 0.441. The Kier molecular flexibility index (Phi) is 5.76. The van der Waals surface area contributed by atoms with Crippen molar-refractivity contribution in [1.82, 2.24) is 28.9 Å². The smallest absolute Gasteiger partial charge is 0.324 e.